The Bertz CT molecular complexity index is 278. The van der Waals surface area contributed by atoms with Crippen LogP contribution in [0.1, 0.15) is 12.5 Å². The zero-order valence-corrected chi connectivity index (χ0v) is 9.34. The molecular formula is C11H16ClNO. The van der Waals surface area contributed by atoms with Crippen molar-refractivity contribution in [2.24, 2.45) is 0 Å². The molecule has 0 spiro atoms. The zero-order chi connectivity index (χ0) is 10.4. The van der Waals surface area contributed by atoms with Crippen LogP contribution in [0.2, 0.25) is 5.02 Å². The van der Waals surface area contributed by atoms with Crippen LogP contribution in [0, 0.1) is 0 Å². The summed E-state index contributed by atoms with van der Waals surface area (Å²) < 4.78 is 5.03. The highest BCUT2D eigenvalue weighted by atomic mass is 35.5. The minimum atomic E-state index is 0.344. The van der Waals surface area contributed by atoms with Gasteiger partial charge in [0, 0.05) is 24.7 Å². The summed E-state index contributed by atoms with van der Waals surface area (Å²) in [4.78, 5) is 0. The molecule has 1 aromatic carbocycles. The first-order valence-electron chi connectivity index (χ1n) is 4.69. The Balaban J connectivity index is 2.41. The molecule has 1 unspecified atom stereocenters. The van der Waals surface area contributed by atoms with Crippen molar-refractivity contribution in [3.05, 3.63) is 34.9 Å². The standard InChI is InChI=1S/C11H16ClNO/c1-9(8-14-2)13-7-10-5-3-4-6-11(10)12/h3-6,9,13H,7-8H2,1-2H3. The van der Waals surface area contributed by atoms with Gasteiger partial charge in [-0.25, -0.2) is 0 Å². The van der Waals surface area contributed by atoms with Crippen LogP contribution >= 0.6 is 11.6 Å². The van der Waals surface area contributed by atoms with Gasteiger partial charge in [0.15, 0.2) is 0 Å². The molecule has 0 aliphatic heterocycles. The first-order valence-corrected chi connectivity index (χ1v) is 5.07. The van der Waals surface area contributed by atoms with Crippen molar-refractivity contribution in [1.29, 1.82) is 0 Å². The highest BCUT2D eigenvalue weighted by Gasteiger charge is 2.02. The van der Waals surface area contributed by atoms with E-state index in [0.717, 1.165) is 17.1 Å². The second-order valence-electron chi connectivity index (χ2n) is 3.33. The molecule has 0 fully saturated rings. The largest absolute Gasteiger partial charge is 0.383 e. The highest BCUT2D eigenvalue weighted by Crippen LogP contribution is 2.14. The highest BCUT2D eigenvalue weighted by molar-refractivity contribution is 6.31. The van der Waals surface area contributed by atoms with E-state index < -0.39 is 0 Å². The smallest absolute Gasteiger partial charge is 0.0613 e. The molecule has 0 amide bonds. The molecule has 0 aromatic heterocycles. The maximum absolute atomic E-state index is 6.01. The van der Waals surface area contributed by atoms with Gasteiger partial charge in [0.25, 0.3) is 0 Å². The van der Waals surface area contributed by atoms with Gasteiger partial charge in [0.1, 0.15) is 0 Å². The van der Waals surface area contributed by atoms with Crippen LogP contribution in [0.3, 0.4) is 0 Å². The lowest BCUT2D eigenvalue weighted by atomic mass is 10.2. The van der Waals surface area contributed by atoms with Crippen molar-refractivity contribution in [3.8, 4) is 0 Å². The number of ether oxygens (including phenoxy) is 1. The summed E-state index contributed by atoms with van der Waals surface area (Å²) in [5, 5.41) is 4.14. The fourth-order valence-corrected chi connectivity index (χ4v) is 1.44. The van der Waals surface area contributed by atoms with Crippen LogP contribution in [0.5, 0.6) is 0 Å². The minimum absolute atomic E-state index is 0.344. The Morgan fingerprint density at radius 3 is 2.79 bits per heavy atom. The maximum atomic E-state index is 6.01. The third-order valence-corrected chi connectivity index (χ3v) is 2.38. The van der Waals surface area contributed by atoms with Crippen LogP contribution < -0.4 is 5.32 Å². The van der Waals surface area contributed by atoms with Crippen LogP contribution in [-0.2, 0) is 11.3 Å². The molecule has 3 heteroatoms. The maximum Gasteiger partial charge on any atom is 0.0613 e. The fraction of sp³-hybridized carbons (Fsp3) is 0.455. The Morgan fingerprint density at radius 2 is 2.14 bits per heavy atom. The lowest BCUT2D eigenvalue weighted by molar-refractivity contribution is 0.171. The lowest BCUT2D eigenvalue weighted by Crippen LogP contribution is -2.29. The molecular weight excluding hydrogens is 198 g/mol. The predicted octanol–water partition coefficient (Wildman–Crippen LogP) is 2.46. The van der Waals surface area contributed by atoms with Gasteiger partial charge in [-0.2, -0.15) is 0 Å². The van der Waals surface area contributed by atoms with E-state index in [0.29, 0.717) is 12.6 Å². The van der Waals surface area contributed by atoms with Gasteiger partial charge < -0.3 is 10.1 Å². The number of methoxy groups -OCH3 is 1. The summed E-state index contributed by atoms with van der Waals surface area (Å²) in [6, 6.07) is 8.19. The van der Waals surface area contributed by atoms with Gasteiger partial charge in [0.05, 0.1) is 6.61 Å². The number of rotatable bonds is 5. The van der Waals surface area contributed by atoms with Crippen molar-refractivity contribution in [1.82, 2.24) is 5.32 Å². The number of halogens is 1. The first-order chi connectivity index (χ1) is 6.74. The molecule has 1 N–H and O–H groups in total. The fourth-order valence-electron chi connectivity index (χ4n) is 1.23. The quantitative estimate of drug-likeness (QED) is 0.812. The molecule has 0 saturated heterocycles. The number of nitrogens with one attached hydrogen (secondary N) is 1. The van der Waals surface area contributed by atoms with Crippen molar-refractivity contribution < 1.29 is 4.74 Å². The van der Waals surface area contributed by atoms with E-state index >= 15 is 0 Å². The van der Waals surface area contributed by atoms with Crippen LogP contribution in [0.4, 0.5) is 0 Å². The average Bonchev–Trinajstić information content (AvgIpc) is 2.17. The average molecular weight is 214 g/mol. The van der Waals surface area contributed by atoms with Gasteiger partial charge in [-0.05, 0) is 18.6 Å². The van der Waals surface area contributed by atoms with Gasteiger partial charge in [-0.1, -0.05) is 29.8 Å². The molecule has 1 aromatic rings. The van der Waals surface area contributed by atoms with Crippen molar-refractivity contribution >= 4 is 11.6 Å². The molecule has 14 heavy (non-hydrogen) atoms. The predicted molar refractivity (Wildman–Crippen MR) is 59.6 cm³/mol. The molecule has 78 valence electrons. The molecule has 1 rings (SSSR count). The van der Waals surface area contributed by atoms with E-state index in [1.807, 2.05) is 24.3 Å². The summed E-state index contributed by atoms with van der Waals surface area (Å²) in [7, 11) is 1.70. The van der Waals surface area contributed by atoms with Crippen LogP contribution in [0.25, 0.3) is 0 Å². The van der Waals surface area contributed by atoms with Crippen LogP contribution in [0.15, 0.2) is 24.3 Å². The minimum Gasteiger partial charge on any atom is -0.383 e. The Labute approximate surface area is 90.2 Å². The molecule has 0 saturated carbocycles. The summed E-state index contributed by atoms with van der Waals surface area (Å²) in [6.07, 6.45) is 0. The van der Waals surface area contributed by atoms with E-state index in [9.17, 15) is 0 Å². The van der Waals surface area contributed by atoms with E-state index in [2.05, 4.69) is 12.2 Å². The molecule has 0 aliphatic carbocycles. The second-order valence-corrected chi connectivity index (χ2v) is 3.74. The van der Waals surface area contributed by atoms with Gasteiger partial charge in [-0.3, -0.25) is 0 Å². The number of benzene rings is 1. The monoisotopic (exact) mass is 213 g/mol. The Kier molecular flexibility index (Phi) is 4.94. The van der Waals surface area contributed by atoms with Gasteiger partial charge >= 0.3 is 0 Å². The summed E-state index contributed by atoms with van der Waals surface area (Å²) in [6.45, 7) is 3.58. The van der Waals surface area contributed by atoms with E-state index in [-0.39, 0.29) is 0 Å². The molecule has 0 bridgehead atoms. The topological polar surface area (TPSA) is 21.3 Å². The van der Waals surface area contributed by atoms with E-state index in [1.54, 1.807) is 7.11 Å². The first kappa shape index (κ1) is 11.5. The normalized spacial score (nSPS) is 12.8. The van der Waals surface area contributed by atoms with Gasteiger partial charge in [-0.15, -0.1) is 0 Å². The van der Waals surface area contributed by atoms with Gasteiger partial charge in [0.2, 0.25) is 0 Å². The Morgan fingerprint density at radius 1 is 1.43 bits per heavy atom. The second kappa shape index (κ2) is 6.02. The number of hydrogen-bond acceptors (Lipinski definition) is 2. The lowest BCUT2D eigenvalue weighted by Gasteiger charge is -2.13. The molecule has 2 nitrogen and oxygen atoms in total. The SMILES string of the molecule is COCC(C)NCc1ccccc1Cl. The third-order valence-electron chi connectivity index (χ3n) is 2.02. The molecule has 0 radical (unpaired) electrons. The summed E-state index contributed by atoms with van der Waals surface area (Å²) >= 11 is 6.01. The summed E-state index contributed by atoms with van der Waals surface area (Å²) in [5.41, 5.74) is 1.12. The zero-order valence-electron chi connectivity index (χ0n) is 8.59. The molecule has 1 atom stereocenters. The van der Waals surface area contributed by atoms with Crippen molar-refractivity contribution in [2.45, 2.75) is 19.5 Å². The third kappa shape index (κ3) is 3.66. The van der Waals surface area contributed by atoms with Crippen molar-refractivity contribution in [2.75, 3.05) is 13.7 Å². The number of hydrogen-bond donors (Lipinski definition) is 1. The van der Waals surface area contributed by atoms with Crippen molar-refractivity contribution in [3.63, 3.8) is 0 Å². The van der Waals surface area contributed by atoms with E-state index in [4.69, 9.17) is 16.3 Å². The van der Waals surface area contributed by atoms with E-state index in [1.165, 1.54) is 0 Å². The molecule has 0 heterocycles. The van der Waals surface area contributed by atoms with Crippen LogP contribution in [-0.4, -0.2) is 19.8 Å². The Hall–Kier alpha value is -0.570. The summed E-state index contributed by atoms with van der Waals surface area (Å²) in [5.74, 6) is 0. The molecule has 0 aliphatic rings.